The SMILES string of the molecule is CCN1CCC(CNC(=O)CC2CCC(N)CC2)CC1. The van der Waals surface area contributed by atoms with Gasteiger partial charge in [-0.15, -0.1) is 0 Å². The molecule has 1 saturated carbocycles. The molecule has 1 heterocycles. The number of rotatable bonds is 5. The molecule has 0 aromatic heterocycles. The Hall–Kier alpha value is -0.610. The van der Waals surface area contributed by atoms with E-state index in [1.54, 1.807) is 0 Å². The maximum atomic E-state index is 12.0. The van der Waals surface area contributed by atoms with E-state index in [0.29, 0.717) is 24.3 Å². The normalized spacial score (nSPS) is 29.3. The molecule has 0 aromatic rings. The minimum Gasteiger partial charge on any atom is -0.356 e. The molecule has 3 N–H and O–H groups in total. The Morgan fingerprint density at radius 1 is 1.10 bits per heavy atom. The van der Waals surface area contributed by atoms with E-state index in [-0.39, 0.29) is 5.91 Å². The third-order valence-corrected chi connectivity index (χ3v) is 5.11. The molecule has 2 rings (SSSR count). The van der Waals surface area contributed by atoms with Crippen LogP contribution in [0.5, 0.6) is 0 Å². The number of nitrogens with one attached hydrogen (secondary N) is 1. The lowest BCUT2D eigenvalue weighted by molar-refractivity contribution is -0.122. The van der Waals surface area contributed by atoms with Crippen molar-refractivity contribution in [2.75, 3.05) is 26.2 Å². The highest BCUT2D eigenvalue weighted by molar-refractivity contribution is 5.76. The minimum atomic E-state index is 0.253. The molecule has 20 heavy (non-hydrogen) atoms. The predicted molar refractivity (Wildman–Crippen MR) is 82.4 cm³/mol. The number of nitrogens with zero attached hydrogens (tertiary/aromatic N) is 1. The number of nitrogens with two attached hydrogens (primary N) is 1. The van der Waals surface area contributed by atoms with Crippen LogP contribution in [0.2, 0.25) is 0 Å². The molecule has 0 spiro atoms. The Morgan fingerprint density at radius 2 is 1.75 bits per heavy atom. The Kier molecular flexibility index (Phi) is 6.30. The van der Waals surface area contributed by atoms with Crippen molar-refractivity contribution >= 4 is 5.91 Å². The fourth-order valence-corrected chi connectivity index (χ4v) is 3.49. The van der Waals surface area contributed by atoms with E-state index in [2.05, 4.69) is 17.1 Å². The summed E-state index contributed by atoms with van der Waals surface area (Å²) in [4.78, 5) is 14.5. The third-order valence-electron chi connectivity index (χ3n) is 5.11. The molecule has 0 aromatic carbocycles. The highest BCUT2D eigenvalue weighted by Gasteiger charge is 2.22. The average molecular weight is 281 g/mol. The number of likely N-dealkylation sites (tertiary alicyclic amines) is 1. The molecule has 2 aliphatic rings. The second-order valence-electron chi connectivity index (χ2n) is 6.67. The van der Waals surface area contributed by atoms with Gasteiger partial charge in [-0.2, -0.15) is 0 Å². The van der Waals surface area contributed by atoms with Crippen LogP contribution in [0, 0.1) is 11.8 Å². The van der Waals surface area contributed by atoms with Crippen LogP contribution < -0.4 is 11.1 Å². The number of carbonyl (C=O) groups is 1. The summed E-state index contributed by atoms with van der Waals surface area (Å²) >= 11 is 0. The van der Waals surface area contributed by atoms with Crippen LogP contribution in [-0.2, 0) is 4.79 Å². The Labute approximate surface area is 123 Å². The van der Waals surface area contributed by atoms with Gasteiger partial charge >= 0.3 is 0 Å². The van der Waals surface area contributed by atoms with Gasteiger partial charge in [0, 0.05) is 19.0 Å². The van der Waals surface area contributed by atoms with Gasteiger partial charge in [-0.05, 0) is 70.0 Å². The van der Waals surface area contributed by atoms with Crippen LogP contribution in [0.1, 0.15) is 51.9 Å². The van der Waals surface area contributed by atoms with E-state index in [9.17, 15) is 4.79 Å². The molecule has 1 aliphatic carbocycles. The zero-order chi connectivity index (χ0) is 14.4. The number of hydrogen-bond acceptors (Lipinski definition) is 3. The van der Waals surface area contributed by atoms with Gasteiger partial charge in [0.25, 0.3) is 0 Å². The summed E-state index contributed by atoms with van der Waals surface area (Å²) in [6.07, 6.45) is 7.60. The summed E-state index contributed by atoms with van der Waals surface area (Å²) in [6, 6.07) is 0.373. The minimum absolute atomic E-state index is 0.253. The van der Waals surface area contributed by atoms with Crippen molar-refractivity contribution in [1.29, 1.82) is 0 Å². The zero-order valence-electron chi connectivity index (χ0n) is 12.9. The molecule has 4 nitrogen and oxygen atoms in total. The van der Waals surface area contributed by atoms with Gasteiger partial charge in [-0.3, -0.25) is 4.79 Å². The second kappa shape index (κ2) is 7.99. The van der Waals surface area contributed by atoms with Crippen molar-refractivity contribution in [1.82, 2.24) is 10.2 Å². The van der Waals surface area contributed by atoms with E-state index in [1.807, 2.05) is 0 Å². The first-order valence-corrected chi connectivity index (χ1v) is 8.42. The van der Waals surface area contributed by atoms with Gasteiger partial charge < -0.3 is 16.0 Å². The van der Waals surface area contributed by atoms with E-state index < -0.39 is 0 Å². The third kappa shape index (κ3) is 5.06. The molecule has 116 valence electrons. The van der Waals surface area contributed by atoms with E-state index >= 15 is 0 Å². The summed E-state index contributed by atoms with van der Waals surface area (Å²) < 4.78 is 0. The van der Waals surface area contributed by atoms with E-state index in [4.69, 9.17) is 5.73 Å². The topological polar surface area (TPSA) is 58.4 Å². The van der Waals surface area contributed by atoms with Crippen LogP contribution in [0.4, 0.5) is 0 Å². The summed E-state index contributed by atoms with van der Waals surface area (Å²) in [5.41, 5.74) is 5.90. The Balaban J connectivity index is 1.58. The molecule has 1 saturated heterocycles. The second-order valence-corrected chi connectivity index (χ2v) is 6.67. The largest absolute Gasteiger partial charge is 0.356 e. The average Bonchev–Trinajstić information content (AvgIpc) is 2.48. The highest BCUT2D eigenvalue weighted by atomic mass is 16.1. The van der Waals surface area contributed by atoms with Crippen LogP contribution in [0.3, 0.4) is 0 Å². The van der Waals surface area contributed by atoms with Gasteiger partial charge in [0.15, 0.2) is 0 Å². The molecule has 0 bridgehead atoms. The molecular weight excluding hydrogens is 250 g/mol. The Bertz CT molecular complexity index is 292. The maximum Gasteiger partial charge on any atom is 0.220 e. The van der Waals surface area contributed by atoms with Crippen molar-refractivity contribution in [3.63, 3.8) is 0 Å². The molecular formula is C16H31N3O. The summed E-state index contributed by atoms with van der Waals surface area (Å²) in [5.74, 6) is 1.50. The van der Waals surface area contributed by atoms with Crippen molar-refractivity contribution in [2.45, 2.75) is 57.9 Å². The van der Waals surface area contributed by atoms with E-state index in [0.717, 1.165) is 38.8 Å². The van der Waals surface area contributed by atoms with E-state index in [1.165, 1.54) is 25.9 Å². The van der Waals surface area contributed by atoms with Crippen molar-refractivity contribution in [2.24, 2.45) is 17.6 Å². The molecule has 1 aliphatic heterocycles. The molecule has 1 amide bonds. The lowest BCUT2D eigenvalue weighted by Gasteiger charge is -2.31. The first-order chi connectivity index (χ1) is 9.67. The standard InChI is InChI=1S/C16H31N3O/c1-2-19-9-7-14(8-10-19)12-18-16(20)11-13-3-5-15(17)6-4-13/h13-15H,2-12,17H2,1H3,(H,18,20). The Morgan fingerprint density at radius 3 is 2.35 bits per heavy atom. The molecule has 0 atom stereocenters. The summed E-state index contributed by atoms with van der Waals surface area (Å²) in [6.45, 7) is 6.64. The van der Waals surface area contributed by atoms with Crippen molar-refractivity contribution in [3.8, 4) is 0 Å². The van der Waals surface area contributed by atoms with Gasteiger partial charge in [-0.25, -0.2) is 0 Å². The number of carbonyl (C=O) groups excluding carboxylic acids is 1. The first-order valence-electron chi connectivity index (χ1n) is 8.42. The number of amides is 1. The van der Waals surface area contributed by atoms with Gasteiger partial charge in [0.05, 0.1) is 0 Å². The van der Waals surface area contributed by atoms with Crippen LogP contribution in [0.15, 0.2) is 0 Å². The van der Waals surface area contributed by atoms with Crippen LogP contribution >= 0.6 is 0 Å². The van der Waals surface area contributed by atoms with Crippen molar-refractivity contribution < 1.29 is 4.79 Å². The zero-order valence-corrected chi connectivity index (χ0v) is 12.9. The highest BCUT2D eigenvalue weighted by Crippen LogP contribution is 2.25. The molecule has 0 unspecified atom stereocenters. The van der Waals surface area contributed by atoms with Gasteiger partial charge in [-0.1, -0.05) is 6.92 Å². The lowest BCUT2D eigenvalue weighted by Crippen LogP contribution is -2.39. The monoisotopic (exact) mass is 281 g/mol. The smallest absolute Gasteiger partial charge is 0.220 e. The lowest BCUT2D eigenvalue weighted by atomic mass is 9.84. The first kappa shape index (κ1) is 15.8. The van der Waals surface area contributed by atoms with Gasteiger partial charge in [0.2, 0.25) is 5.91 Å². The number of piperidine rings is 1. The van der Waals surface area contributed by atoms with Gasteiger partial charge in [0.1, 0.15) is 0 Å². The quantitative estimate of drug-likeness (QED) is 0.807. The maximum absolute atomic E-state index is 12.0. The number of hydrogen-bond donors (Lipinski definition) is 2. The molecule has 2 fully saturated rings. The van der Waals surface area contributed by atoms with Crippen LogP contribution in [-0.4, -0.2) is 43.0 Å². The van der Waals surface area contributed by atoms with Crippen molar-refractivity contribution in [3.05, 3.63) is 0 Å². The summed E-state index contributed by atoms with van der Waals surface area (Å²) in [7, 11) is 0. The molecule has 4 heteroatoms. The predicted octanol–water partition coefficient (Wildman–Crippen LogP) is 1.74. The van der Waals surface area contributed by atoms with Crippen LogP contribution in [0.25, 0.3) is 0 Å². The fraction of sp³-hybridized carbons (Fsp3) is 0.938. The molecule has 0 radical (unpaired) electrons. The fourth-order valence-electron chi connectivity index (χ4n) is 3.49. The summed E-state index contributed by atoms with van der Waals surface area (Å²) in [5, 5.41) is 3.16.